The second-order valence-electron chi connectivity index (χ2n) is 5.69. The third-order valence-corrected chi connectivity index (χ3v) is 5.63. The molecule has 2 aromatic carbocycles. The van der Waals surface area contributed by atoms with Crippen molar-refractivity contribution >= 4 is 67.0 Å². The minimum absolute atomic E-state index is 0.0180. The summed E-state index contributed by atoms with van der Waals surface area (Å²) in [6.07, 6.45) is 2.98. The number of nitrogens with zero attached hydrogens (tertiary/aromatic N) is 2. The number of halogens is 2. The highest BCUT2D eigenvalue weighted by molar-refractivity contribution is 9.10. The Hall–Kier alpha value is -2.22. The summed E-state index contributed by atoms with van der Waals surface area (Å²) < 4.78 is 8.54. The van der Waals surface area contributed by atoms with Gasteiger partial charge in [-0.1, -0.05) is 57.1 Å². The number of amides is 1. The van der Waals surface area contributed by atoms with E-state index in [-0.39, 0.29) is 12.5 Å². The number of fused-ring (bicyclic) bond motifs is 1. The number of benzene rings is 2. The standard InChI is InChI=1S/C20H16BrClN2O3S/c1-2-27-19(26)12-24-16-9-8-14(21)11-17(16)28-20(24)23-18(25)10-7-13-5-3-4-6-15(13)22/h3-11H,2,12H2,1H3/b10-7+,23-20?. The highest BCUT2D eigenvalue weighted by Crippen LogP contribution is 2.22. The normalized spacial score (nSPS) is 12.0. The number of esters is 1. The Balaban J connectivity index is 1.99. The van der Waals surface area contributed by atoms with Crippen LogP contribution in [0.2, 0.25) is 5.02 Å². The molecule has 144 valence electrons. The van der Waals surface area contributed by atoms with Crippen molar-refractivity contribution in [2.75, 3.05) is 6.61 Å². The van der Waals surface area contributed by atoms with Crippen LogP contribution in [0.1, 0.15) is 12.5 Å². The molecule has 0 bridgehead atoms. The molecule has 8 heteroatoms. The first-order valence-electron chi connectivity index (χ1n) is 8.43. The number of ether oxygens (including phenoxy) is 1. The van der Waals surface area contributed by atoms with Crippen molar-refractivity contribution < 1.29 is 14.3 Å². The number of rotatable bonds is 5. The fourth-order valence-electron chi connectivity index (χ4n) is 2.52. The summed E-state index contributed by atoms with van der Waals surface area (Å²) in [6.45, 7) is 2.02. The van der Waals surface area contributed by atoms with Gasteiger partial charge in [-0.15, -0.1) is 0 Å². The lowest BCUT2D eigenvalue weighted by atomic mass is 10.2. The van der Waals surface area contributed by atoms with Gasteiger partial charge in [0.25, 0.3) is 5.91 Å². The number of carbonyl (C=O) groups is 2. The van der Waals surface area contributed by atoms with E-state index >= 15 is 0 Å². The molecule has 0 N–H and O–H groups in total. The lowest BCUT2D eigenvalue weighted by Gasteiger charge is -2.05. The Morgan fingerprint density at radius 2 is 2.07 bits per heavy atom. The fourth-order valence-corrected chi connectivity index (χ4v) is 4.31. The van der Waals surface area contributed by atoms with Gasteiger partial charge in [0.2, 0.25) is 0 Å². The Morgan fingerprint density at radius 3 is 2.82 bits per heavy atom. The van der Waals surface area contributed by atoms with Gasteiger partial charge < -0.3 is 9.30 Å². The summed E-state index contributed by atoms with van der Waals surface area (Å²) >= 11 is 10.9. The van der Waals surface area contributed by atoms with E-state index < -0.39 is 5.91 Å². The highest BCUT2D eigenvalue weighted by Gasteiger charge is 2.12. The molecule has 0 spiro atoms. The zero-order valence-electron chi connectivity index (χ0n) is 14.9. The average molecular weight is 480 g/mol. The molecule has 0 unspecified atom stereocenters. The second-order valence-corrected chi connectivity index (χ2v) is 8.02. The molecule has 0 aliphatic heterocycles. The van der Waals surface area contributed by atoms with E-state index in [1.165, 1.54) is 17.4 Å². The van der Waals surface area contributed by atoms with Crippen LogP contribution in [0.25, 0.3) is 16.3 Å². The van der Waals surface area contributed by atoms with Crippen LogP contribution in [0, 0.1) is 0 Å². The molecule has 1 aromatic heterocycles. The molecule has 0 fully saturated rings. The maximum Gasteiger partial charge on any atom is 0.326 e. The van der Waals surface area contributed by atoms with E-state index in [4.69, 9.17) is 16.3 Å². The molecule has 3 aromatic rings. The molecule has 28 heavy (non-hydrogen) atoms. The molecule has 0 atom stereocenters. The molecule has 0 radical (unpaired) electrons. The summed E-state index contributed by atoms with van der Waals surface area (Å²) in [7, 11) is 0. The van der Waals surface area contributed by atoms with E-state index in [1.807, 2.05) is 36.4 Å². The first-order chi connectivity index (χ1) is 13.5. The molecule has 0 saturated heterocycles. The monoisotopic (exact) mass is 478 g/mol. The number of thiazole rings is 1. The van der Waals surface area contributed by atoms with Crippen LogP contribution in [0.15, 0.2) is 58.0 Å². The van der Waals surface area contributed by atoms with Crippen LogP contribution in [-0.2, 0) is 20.9 Å². The Morgan fingerprint density at radius 1 is 1.29 bits per heavy atom. The van der Waals surface area contributed by atoms with Crippen LogP contribution in [0.5, 0.6) is 0 Å². The third-order valence-electron chi connectivity index (χ3n) is 3.75. The van der Waals surface area contributed by atoms with E-state index in [9.17, 15) is 9.59 Å². The molecule has 0 aliphatic rings. The first-order valence-corrected chi connectivity index (χ1v) is 10.4. The molecule has 3 rings (SSSR count). The van der Waals surface area contributed by atoms with Crippen LogP contribution >= 0.6 is 38.9 Å². The predicted octanol–water partition coefficient (Wildman–Crippen LogP) is 4.82. The summed E-state index contributed by atoms with van der Waals surface area (Å²) in [4.78, 5) is 29.0. The smallest absolute Gasteiger partial charge is 0.326 e. The van der Waals surface area contributed by atoms with Crippen molar-refractivity contribution in [3.63, 3.8) is 0 Å². The van der Waals surface area contributed by atoms with E-state index in [0.29, 0.717) is 16.4 Å². The zero-order valence-corrected chi connectivity index (χ0v) is 18.1. The summed E-state index contributed by atoms with van der Waals surface area (Å²) in [5.74, 6) is -0.825. The van der Waals surface area contributed by atoms with Crippen molar-refractivity contribution in [3.05, 3.63) is 68.4 Å². The number of carbonyl (C=O) groups excluding carboxylic acids is 2. The van der Waals surface area contributed by atoms with Gasteiger partial charge in [0.1, 0.15) is 6.54 Å². The highest BCUT2D eigenvalue weighted by atomic mass is 79.9. The zero-order chi connectivity index (χ0) is 20.1. The van der Waals surface area contributed by atoms with Gasteiger partial charge in [-0.3, -0.25) is 9.59 Å². The quantitative estimate of drug-likeness (QED) is 0.389. The van der Waals surface area contributed by atoms with Gasteiger partial charge in [0, 0.05) is 15.6 Å². The molecule has 0 aliphatic carbocycles. The molecular formula is C20H16BrClN2O3S. The molecule has 1 amide bonds. The maximum atomic E-state index is 12.4. The van der Waals surface area contributed by atoms with Crippen LogP contribution < -0.4 is 4.80 Å². The van der Waals surface area contributed by atoms with Crippen molar-refractivity contribution in [2.24, 2.45) is 4.99 Å². The van der Waals surface area contributed by atoms with Gasteiger partial charge in [-0.2, -0.15) is 4.99 Å². The third kappa shape index (κ3) is 4.98. The fraction of sp³-hybridized carbons (Fsp3) is 0.150. The number of hydrogen-bond acceptors (Lipinski definition) is 4. The Kier molecular flexibility index (Phi) is 6.83. The van der Waals surface area contributed by atoms with E-state index in [0.717, 1.165) is 20.3 Å². The van der Waals surface area contributed by atoms with Gasteiger partial charge in [0.05, 0.1) is 16.8 Å². The second kappa shape index (κ2) is 9.32. The molecular weight excluding hydrogens is 464 g/mol. The lowest BCUT2D eigenvalue weighted by molar-refractivity contribution is -0.143. The minimum atomic E-state index is -0.442. The Labute approximate surface area is 179 Å². The van der Waals surface area contributed by atoms with Crippen molar-refractivity contribution in [1.29, 1.82) is 0 Å². The van der Waals surface area contributed by atoms with Gasteiger partial charge >= 0.3 is 5.97 Å². The number of aromatic nitrogens is 1. The van der Waals surface area contributed by atoms with E-state index in [1.54, 1.807) is 23.6 Å². The van der Waals surface area contributed by atoms with Gasteiger partial charge in [-0.25, -0.2) is 0 Å². The van der Waals surface area contributed by atoms with Crippen molar-refractivity contribution in [3.8, 4) is 0 Å². The van der Waals surface area contributed by atoms with Crippen LogP contribution in [0.4, 0.5) is 0 Å². The predicted molar refractivity (Wildman–Crippen MR) is 115 cm³/mol. The molecule has 5 nitrogen and oxygen atoms in total. The molecule has 0 saturated carbocycles. The number of hydrogen-bond donors (Lipinski definition) is 0. The summed E-state index contributed by atoms with van der Waals surface area (Å²) in [5, 5.41) is 0.552. The largest absolute Gasteiger partial charge is 0.465 e. The van der Waals surface area contributed by atoms with E-state index in [2.05, 4.69) is 20.9 Å². The first kappa shape index (κ1) is 20.5. The van der Waals surface area contributed by atoms with Crippen molar-refractivity contribution in [1.82, 2.24) is 4.57 Å². The maximum absolute atomic E-state index is 12.4. The topological polar surface area (TPSA) is 60.7 Å². The average Bonchev–Trinajstić information content (AvgIpc) is 2.97. The summed E-state index contributed by atoms with van der Waals surface area (Å²) in [6, 6.07) is 12.9. The van der Waals surface area contributed by atoms with Gasteiger partial charge in [0.15, 0.2) is 4.80 Å². The summed E-state index contributed by atoms with van der Waals surface area (Å²) in [5.41, 5.74) is 1.54. The van der Waals surface area contributed by atoms with Crippen molar-refractivity contribution in [2.45, 2.75) is 13.5 Å². The van der Waals surface area contributed by atoms with Gasteiger partial charge in [-0.05, 0) is 42.8 Å². The van der Waals surface area contributed by atoms with Crippen LogP contribution in [0.3, 0.4) is 0 Å². The van der Waals surface area contributed by atoms with Crippen LogP contribution in [-0.4, -0.2) is 23.1 Å². The molecule has 1 heterocycles. The Bertz CT molecular complexity index is 1130. The SMILES string of the molecule is CCOC(=O)Cn1c(=NC(=O)/C=C/c2ccccc2Cl)sc2cc(Br)ccc21. The minimum Gasteiger partial charge on any atom is -0.465 e. The lowest BCUT2D eigenvalue weighted by Crippen LogP contribution is -2.22.